The highest BCUT2D eigenvalue weighted by Gasteiger charge is 2.34. The van der Waals surface area contributed by atoms with Crippen LogP contribution in [0.3, 0.4) is 0 Å². The van der Waals surface area contributed by atoms with Crippen LogP contribution in [0.1, 0.15) is 29.3 Å². The number of rotatable bonds is 4. The average molecular weight is 410 g/mol. The number of sulfonamides is 1. The Morgan fingerprint density at radius 1 is 1.07 bits per heavy atom. The molecule has 3 aromatic rings. The molecule has 0 bridgehead atoms. The van der Waals surface area contributed by atoms with Crippen molar-refractivity contribution in [3.63, 3.8) is 0 Å². The summed E-state index contributed by atoms with van der Waals surface area (Å²) in [4.78, 5) is 23.8. The van der Waals surface area contributed by atoms with Gasteiger partial charge in [-0.2, -0.15) is 4.31 Å². The molecule has 29 heavy (non-hydrogen) atoms. The second kappa shape index (κ2) is 7.53. The smallest absolute Gasteiger partial charge is 0.251 e. The first-order valence-corrected chi connectivity index (χ1v) is 10.9. The molecule has 0 unspecified atom stereocenters. The van der Waals surface area contributed by atoms with Gasteiger partial charge in [-0.25, -0.2) is 13.4 Å². The maximum absolute atomic E-state index is 13.1. The lowest BCUT2D eigenvalue weighted by Crippen LogP contribution is -2.29. The summed E-state index contributed by atoms with van der Waals surface area (Å²) in [6, 6.07) is 10.2. The van der Waals surface area contributed by atoms with Crippen molar-refractivity contribution in [1.29, 1.82) is 0 Å². The Kier molecular flexibility index (Phi) is 5.06. The highest BCUT2D eigenvalue weighted by atomic mass is 32.2. The molecule has 4 rings (SSSR count). The van der Waals surface area contributed by atoms with Gasteiger partial charge >= 0.3 is 0 Å². The zero-order valence-electron chi connectivity index (χ0n) is 16.3. The number of hydrogen-bond acceptors (Lipinski definition) is 5. The normalized spacial score (nSPS) is 17.5. The summed E-state index contributed by atoms with van der Waals surface area (Å²) in [7, 11) is -3.59. The Morgan fingerprint density at radius 2 is 1.83 bits per heavy atom. The van der Waals surface area contributed by atoms with Gasteiger partial charge in [0.1, 0.15) is 5.82 Å². The van der Waals surface area contributed by atoms with Gasteiger partial charge in [-0.3, -0.25) is 9.78 Å². The van der Waals surface area contributed by atoms with Crippen LogP contribution in [0.15, 0.2) is 58.5 Å². The van der Waals surface area contributed by atoms with E-state index in [1.165, 1.54) is 10.4 Å². The number of nitrogens with zero attached hydrogens (tertiary/aromatic N) is 3. The van der Waals surface area contributed by atoms with Crippen molar-refractivity contribution >= 4 is 10.0 Å². The van der Waals surface area contributed by atoms with Crippen molar-refractivity contribution in [3.8, 4) is 11.3 Å². The molecular weight excluding hydrogens is 388 g/mol. The van der Waals surface area contributed by atoms with Crippen molar-refractivity contribution in [2.75, 3.05) is 13.1 Å². The van der Waals surface area contributed by atoms with Crippen LogP contribution in [0.5, 0.6) is 0 Å². The van der Waals surface area contributed by atoms with Gasteiger partial charge < -0.3 is 4.98 Å². The van der Waals surface area contributed by atoms with Gasteiger partial charge in [0.15, 0.2) is 0 Å². The van der Waals surface area contributed by atoms with E-state index in [-0.39, 0.29) is 18.0 Å². The minimum absolute atomic E-state index is 0.161. The lowest BCUT2D eigenvalue weighted by Gasteiger charge is -2.17. The number of aromatic amines is 1. The van der Waals surface area contributed by atoms with E-state index in [0.717, 1.165) is 16.7 Å². The monoisotopic (exact) mass is 410 g/mol. The zero-order chi connectivity index (χ0) is 20.6. The second-order valence-electron chi connectivity index (χ2n) is 7.35. The molecule has 8 heteroatoms. The summed E-state index contributed by atoms with van der Waals surface area (Å²) in [5, 5.41) is 0. The number of H-pyrrole nitrogens is 1. The molecule has 1 aliphatic heterocycles. The highest BCUT2D eigenvalue weighted by Crippen LogP contribution is 2.30. The minimum atomic E-state index is -3.59. The Morgan fingerprint density at radius 3 is 2.55 bits per heavy atom. The predicted octanol–water partition coefficient (Wildman–Crippen LogP) is 2.63. The molecule has 0 spiro atoms. The number of pyridine rings is 1. The van der Waals surface area contributed by atoms with Crippen molar-refractivity contribution in [1.82, 2.24) is 19.3 Å². The summed E-state index contributed by atoms with van der Waals surface area (Å²) in [5.41, 5.74) is 3.10. The van der Waals surface area contributed by atoms with Crippen LogP contribution in [0.2, 0.25) is 0 Å². The van der Waals surface area contributed by atoms with E-state index >= 15 is 0 Å². The number of aromatic nitrogens is 3. The van der Waals surface area contributed by atoms with Crippen LogP contribution in [0.4, 0.5) is 0 Å². The summed E-state index contributed by atoms with van der Waals surface area (Å²) >= 11 is 0. The largest absolute Gasteiger partial charge is 0.310 e. The van der Waals surface area contributed by atoms with Gasteiger partial charge in [0.25, 0.3) is 5.56 Å². The number of benzene rings is 1. The van der Waals surface area contributed by atoms with Crippen LogP contribution < -0.4 is 5.56 Å². The summed E-state index contributed by atoms with van der Waals surface area (Å²) in [5.74, 6) is 0.355. The van der Waals surface area contributed by atoms with E-state index in [9.17, 15) is 13.2 Å². The summed E-state index contributed by atoms with van der Waals surface area (Å²) in [6.07, 6.45) is 3.89. The molecule has 2 aromatic heterocycles. The van der Waals surface area contributed by atoms with Crippen LogP contribution in [0, 0.1) is 13.8 Å². The van der Waals surface area contributed by atoms with E-state index in [0.29, 0.717) is 29.4 Å². The second-order valence-corrected chi connectivity index (χ2v) is 9.28. The van der Waals surface area contributed by atoms with Crippen LogP contribution in [0.25, 0.3) is 11.3 Å². The SMILES string of the molecule is Cc1ccc(S(=O)(=O)N2CC[C@H](c3nc(-c4ccncc4)cc(=O)[nH]3)C2)cc1C. The molecule has 1 atom stereocenters. The van der Waals surface area contributed by atoms with Crippen LogP contribution in [-0.2, 0) is 10.0 Å². The minimum Gasteiger partial charge on any atom is -0.310 e. The van der Waals surface area contributed by atoms with Gasteiger partial charge in [0, 0.05) is 43.0 Å². The first-order chi connectivity index (χ1) is 13.8. The van der Waals surface area contributed by atoms with Crippen molar-refractivity contribution in [3.05, 3.63) is 76.1 Å². The van der Waals surface area contributed by atoms with Gasteiger partial charge in [-0.15, -0.1) is 0 Å². The van der Waals surface area contributed by atoms with Gasteiger partial charge in [-0.05, 0) is 55.7 Å². The molecule has 7 nitrogen and oxygen atoms in total. The maximum atomic E-state index is 13.1. The molecule has 0 amide bonds. The van der Waals surface area contributed by atoms with Crippen LogP contribution >= 0.6 is 0 Å². The molecule has 0 saturated carbocycles. The Hall–Kier alpha value is -2.84. The third-order valence-electron chi connectivity index (χ3n) is 5.39. The molecular formula is C21H22N4O3S. The lowest BCUT2D eigenvalue weighted by atomic mass is 10.1. The third-order valence-corrected chi connectivity index (χ3v) is 7.25. The topological polar surface area (TPSA) is 96.0 Å². The molecule has 150 valence electrons. The fourth-order valence-corrected chi connectivity index (χ4v) is 5.12. The zero-order valence-corrected chi connectivity index (χ0v) is 17.1. The Bertz CT molecular complexity index is 1210. The first-order valence-electron chi connectivity index (χ1n) is 9.43. The fraction of sp³-hybridized carbons (Fsp3) is 0.286. The van der Waals surface area contributed by atoms with Crippen LogP contribution in [-0.4, -0.2) is 40.8 Å². The van der Waals surface area contributed by atoms with E-state index in [2.05, 4.69) is 15.0 Å². The van der Waals surface area contributed by atoms with Gasteiger partial charge in [0.05, 0.1) is 10.6 Å². The van der Waals surface area contributed by atoms with Crippen molar-refractivity contribution in [2.24, 2.45) is 0 Å². The Labute approximate surface area is 169 Å². The molecule has 1 aromatic carbocycles. The van der Waals surface area contributed by atoms with Crippen molar-refractivity contribution in [2.45, 2.75) is 31.1 Å². The van der Waals surface area contributed by atoms with Crippen molar-refractivity contribution < 1.29 is 8.42 Å². The van der Waals surface area contributed by atoms with Gasteiger partial charge in [0.2, 0.25) is 10.0 Å². The van der Waals surface area contributed by atoms with E-state index in [1.807, 2.05) is 19.9 Å². The molecule has 3 heterocycles. The summed E-state index contributed by atoms with van der Waals surface area (Å²) < 4.78 is 27.6. The lowest BCUT2D eigenvalue weighted by molar-refractivity contribution is 0.471. The number of nitrogens with one attached hydrogen (secondary N) is 1. The van der Waals surface area contributed by atoms with Gasteiger partial charge in [-0.1, -0.05) is 6.07 Å². The molecule has 1 N–H and O–H groups in total. The third kappa shape index (κ3) is 3.86. The molecule has 1 fully saturated rings. The molecule has 0 aliphatic carbocycles. The first kappa shape index (κ1) is 19.5. The quantitative estimate of drug-likeness (QED) is 0.713. The standard InChI is InChI=1S/C21H22N4O3S/c1-14-3-4-18(11-15(14)2)29(27,28)25-10-7-17(13-25)21-23-19(12-20(26)24-21)16-5-8-22-9-6-16/h3-6,8-9,11-12,17H,7,10,13H2,1-2H3,(H,23,24,26)/t17-/m0/s1. The van der Waals surface area contributed by atoms with E-state index < -0.39 is 10.0 Å². The molecule has 1 saturated heterocycles. The molecule has 1 aliphatic rings. The Balaban J connectivity index is 1.61. The van der Waals surface area contributed by atoms with E-state index in [4.69, 9.17) is 0 Å². The predicted molar refractivity (Wildman–Crippen MR) is 110 cm³/mol. The average Bonchev–Trinajstić information content (AvgIpc) is 3.21. The highest BCUT2D eigenvalue weighted by molar-refractivity contribution is 7.89. The number of hydrogen-bond donors (Lipinski definition) is 1. The maximum Gasteiger partial charge on any atom is 0.251 e. The molecule has 0 radical (unpaired) electrons. The summed E-state index contributed by atoms with van der Waals surface area (Å²) in [6.45, 7) is 4.54. The van der Waals surface area contributed by atoms with E-state index in [1.54, 1.807) is 36.7 Å². The number of aryl methyl sites for hydroxylation is 2. The fourth-order valence-electron chi connectivity index (χ4n) is 3.53.